The zero-order valence-corrected chi connectivity index (χ0v) is 14.0. The predicted molar refractivity (Wildman–Crippen MR) is 89.0 cm³/mol. The average molecular weight is 362 g/mol. The van der Waals surface area contributed by atoms with Gasteiger partial charge in [-0.3, -0.25) is 4.79 Å². The second kappa shape index (κ2) is 6.01. The van der Waals surface area contributed by atoms with E-state index < -0.39 is 0 Å². The Kier molecular flexibility index (Phi) is 4.07. The number of nitrogens with one attached hydrogen (secondary N) is 1. The summed E-state index contributed by atoms with van der Waals surface area (Å²) in [7, 11) is 0. The lowest BCUT2D eigenvalue weighted by Gasteiger charge is -2.20. The van der Waals surface area contributed by atoms with Gasteiger partial charge in [0.2, 0.25) is 0 Å². The molecule has 1 amide bonds. The highest BCUT2D eigenvalue weighted by atomic mass is 79.9. The summed E-state index contributed by atoms with van der Waals surface area (Å²) >= 11 is 3.45. The third-order valence-corrected chi connectivity index (χ3v) is 4.31. The third-order valence-electron chi connectivity index (χ3n) is 3.65. The van der Waals surface area contributed by atoms with Crippen LogP contribution in [0.15, 0.2) is 34.8 Å². The molecule has 2 aromatic rings. The molecule has 0 unspecified atom stereocenters. The molecule has 1 N–H and O–H groups in total. The normalized spacial score (nSPS) is 12.9. The molecule has 0 aliphatic carbocycles. The summed E-state index contributed by atoms with van der Waals surface area (Å²) < 4.78 is 11.8. The van der Waals surface area contributed by atoms with Crippen LogP contribution in [0.5, 0.6) is 11.5 Å². The summed E-state index contributed by atoms with van der Waals surface area (Å²) in [4.78, 5) is 12.4. The number of hydrogen-bond acceptors (Lipinski definition) is 3. The Morgan fingerprint density at radius 3 is 2.41 bits per heavy atom. The quantitative estimate of drug-likeness (QED) is 0.876. The van der Waals surface area contributed by atoms with Gasteiger partial charge < -0.3 is 14.8 Å². The van der Waals surface area contributed by atoms with Crippen LogP contribution in [0.3, 0.4) is 0 Å². The fourth-order valence-electron chi connectivity index (χ4n) is 2.24. The van der Waals surface area contributed by atoms with E-state index in [9.17, 15) is 4.79 Å². The summed E-state index contributed by atoms with van der Waals surface area (Å²) in [5.41, 5.74) is 3.54. The van der Waals surface area contributed by atoms with Gasteiger partial charge in [0.1, 0.15) is 13.2 Å². The van der Waals surface area contributed by atoms with E-state index in [1.54, 1.807) is 6.07 Å². The highest BCUT2D eigenvalue weighted by molar-refractivity contribution is 9.10. The van der Waals surface area contributed by atoms with E-state index in [0.717, 1.165) is 15.6 Å². The molecule has 1 aliphatic rings. The molecule has 5 heteroatoms. The van der Waals surface area contributed by atoms with Gasteiger partial charge in [0.15, 0.2) is 11.5 Å². The van der Waals surface area contributed by atoms with E-state index in [1.165, 1.54) is 0 Å². The van der Waals surface area contributed by atoms with Gasteiger partial charge in [-0.2, -0.15) is 0 Å². The second-order valence-electron chi connectivity index (χ2n) is 5.23. The predicted octanol–water partition coefficient (Wildman–Crippen LogP) is 4.09. The Balaban J connectivity index is 1.86. The first-order valence-corrected chi connectivity index (χ1v) is 7.81. The molecule has 4 nitrogen and oxygen atoms in total. The highest BCUT2D eigenvalue weighted by Crippen LogP contribution is 2.38. The molecule has 1 heterocycles. The zero-order chi connectivity index (χ0) is 15.7. The van der Waals surface area contributed by atoms with Crippen molar-refractivity contribution in [2.75, 3.05) is 18.5 Å². The fraction of sp³-hybridized carbons (Fsp3) is 0.235. The zero-order valence-electron chi connectivity index (χ0n) is 12.4. The third kappa shape index (κ3) is 2.95. The minimum atomic E-state index is -0.152. The minimum Gasteiger partial charge on any atom is -0.486 e. The van der Waals surface area contributed by atoms with Crippen LogP contribution in [-0.2, 0) is 0 Å². The lowest BCUT2D eigenvalue weighted by atomic mass is 10.1. The fourth-order valence-corrected chi connectivity index (χ4v) is 2.66. The topological polar surface area (TPSA) is 47.6 Å². The van der Waals surface area contributed by atoms with Crippen molar-refractivity contribution in [2.24, 2.45) is 0 Å². The summed E-state index contributed by atoms with van der Waals surface area (Å²) in [6, 6.07) is 9.24. The number of carbonyl (C=O) groups excluding carboxylic acids is 1. The van der Waals surface area contributed by atoms with Gasteiger partial charge in [0, 0.05) is 22.2 Å². The summed E-state index contributed by atoms with van der Waals surface area (Å²) in [6.45, 7) is 5.06. The van der Waals surface area contributed by atoms with Gasteiger partial charge in [0.05, 0.1) is 5.69 Å². The van der Waals surface area contributed by atoms with Crippen molar-refractivity contribution < 1.29 is 14.3 Å². The highest BCUT2D eigenvalue weighted by Gasteiger charge is 2.16. The number of ether oxygens (including phenoxy) is 2. The lowest BCUT2D eigenvalue weighted by molar-refractivity contribution is 0.102. The van der Waals surface area contributed by atoms with E-state index in [2.05, 4.69) is 21.2 Å². The molecule has 0 fully saturated rings. The van der Waals surface area contributed by atoms with Crippen LogP contribution in [0.2, 0.25) is 0 Å². The number of rotatable bonds is 2. The average Bonchev–Trinajstić information content (AvgIpc) is 2.50. The van der Waals surface area contributed by atoms with E-state index in [4.69, 9.17) is 9.47 Å². The first-order valence-electron chi connectivity index (χ1n) is 7.02. The molecule has 1 aliphatic heterocycles. The molecule has 22 heavy (non-hydrogen) atoms. The molecule has 0 radical (unpaired) electrons. The maximum atomic E-state index is 12.4. The molecule has 0 atom stereocenters. The molecular weight excluding hydrogens is 346 g/mol. The van der Waals surface area contributed by atoms with Gasteiger partial charge in [-0.25, -0.2) is 0 Å². The van der Waals surface area contributed by atoms with Gasteiger partial charge in [-0.15, -0.1) is 0 Å². The summed E-state index contributed by atoms with van der Waals surface area (Å²) in [5, 5.41) is 2.90. The summed E-state index contributed by atoms with van der Waals surface area (Å²) in [5.74, 6) is 1.17. The Hall–Kier alpha value is -2.01. The van der Waals surface area contributed by atoms with Gasteiger partial charge in [-0.1, -0.05) is 6.07 Å². The SMILES string of the molecule is Cc1ccc(C(=O)Nc2cc3c(cc2Br)OCCO3)cc1C. The number of hydrogen-bond donors (Lipinski definition) is 1. The van der Waals surface area contributed by atoms with Crippen LogP contribution in [0.4, 0.5) is 5.69 Å². The van der Waals surface area contributed by atoms with Crippen molar-refractivity contribution in [3.63, 3.8) is 0 Å². The van der Waals surface area contributed by atoms with Crippen LogP contribution in [0.25, 0.3) is 0 Å². The molecule has 0 aromatic heterocycles. The molecular formula is C17H16BrNO3. The van der Waals surface area contributed by atoms with Crippen molar-refractivity contribution in [3.05, 3.63) is 51.5 Å². The molecule has 0 bridgehead atoms. The molecule has 0 saturated carbocycles. The van der Waals surface area contributed by atoms with E-state index in [1.807, 2.05) is 38.1 Å². The van der Waals surface area contributed by atoms with Crippen molar-refractivity contribution in [2.45, 2.75) is 13.8 Å². The molecule has 114 valence electrons. The standard InChI is InChI=1S/C17H16BrNO3/c1-10-3-4-12(7-11(10)2)17(20)19-14-9-16-15(8-13(14)18)21-5-6-22-16/h3-4,7-9H,5-6H2,1-2H3,(H,19,20). The second-order valence-corrected chi connectivity index (χ2v) is 6.08. The van der Waals surface area contributed by atoms with Gasteiger partial charge in [-0.05, 0) is 53.0 Å². The molecule has 2 aromatic carbocycles. The van der Waals surface area contributed by atoms with Gasteiger partial charge >= 0.3 is 0 Å². The molecule has 0 saturated heterocycles. The maximum absolute atomic E-state index is 12.4. The van der Waals surface area contributed by atoms with E-state index >= 15 is 0 Å². The number of anilines is 1. The van der Waals surface area contributed by atoms with Crippen LogP contribution in [0.1, 0.15) is 21.5 Å². The van der Waals surface area contributed by atoms with E-state index in [0.29, 0.717) is 36.0 Å². The Morgan fingerprint density at radius 1 is 1.05 bits per heavy atom. The lowest BCUT2D eigenvalue weighted by Crippen LogP contribution is -2.17. The number of aryl methyl sites for hydroxylation is 2. The van der Waals surface area contributed by atoms with Crippen molar-refractivity contribution in [1.82, 2.24) is 0 Å². The first-order chi connectivity index (χ1) is 10.5. The van der Waals surface area contributed by atoms with Crippen molar-refractivity contribution >= 4 is 27.5 Å². The number of halogens is 1. The van der Waals surface area contributed by atoms with Crippen LogP contribution in [0, 0.1) is 13.8 Å². The largest absolute Gasteiger partial charge is 0.486 e. The molecule has 3 rings (SSSR count). The Bertz CT molecular complexity index is 743. The maximum Gasteiger partial charge on any atom is 0.255 e. The van der Waals surface area contributed by atoms with Gasteiger partial charge in [0.25, 0.3) is 5.91 Å². The van der Waals surface area contributed by atoms with Crippen molar-refractivity contribution in [1.29, 1.82) is 0 Å². The Morgan fingerprint density at radius 2 is 1.73 bits per heavy atom. The van der Waals surface area contributed by atoms with Crippen LogP contribution in [-0.4, -0.2) is 19.1 Å². The minimum absolute atomic E-state index is 0.152. The number of carbonyl (C=O) groups is 1. The van der Waals surface area contributed by atoms with E-state index in [-0.39, 0.29) is 5.91 Å². The molecule has 0 spiro atoms. The number of benzene rings is 2. The van der Waals surface area contributed by atoms with Crippen LogP contribution >= 0.6 is 15.9 Å². The number of amides is 1. The monoisotopic (exact) mass is 361 g/mol. The first kappa shape index (κ1) is 14.9. The summed E-state index contributed by atoms with van der Waals surface area (Å²) in [6.07, 6.45) is 0. The van der Waals surface area contributed by atoms with Crippen LogP contribution < -0.4 is 14.8 Å². The smallest absolute Gasteiger partial charge is 0.255 e. The van der Waals surface area contributed by atoms with Crippen molar-refractivity contribution in [3.8, 4) is 11.5 Å². The number of fused-ring (bicyclic) bond motifs is 1. The Labute approximate surface area is 137 Å².